The van der Waals surface area contributed by atoms with Gasteiger partial charge < -0.3 is 5.32 Å². The van der Waals surface area contributed by atoms with E-state index in [1.807, 2.05) is 25.1 Å². The highest BCUT2D eigenvalue weighted by Crippen LogP contribution is 2.22. The van der Waals surface area contributed by atoms with Crippen LogP contribution in [0.3, 0.4) is 0 Å². The lowest BCUT2D eigenvalue weighted by atomic mass is 10.1. The topological polar surface area (TPSA) is 63.2 Å². The van der Waals surface area contributed by atoms with Gasteiger partial charge in [-0.05, 0) is 36.2 Å². The minimum atomic E-state index is -3.14. The molecule has 0 aliphatic rings. The van der Waals surface area contributed by atoms with Gasteiger partial charge in [-0.2, -0.15) is 0 Å². The second kappa shape index (κ2) is 7.15. The van der Waals surface area contributed by atoms with E-state index in [0.29, 0.717) is 16.1 Å². The number of halogens is 1. The molecule has 1 amide bonds. The van der Waals surface area contributed by atoms with Gasteiger partial charge in [-0.3, -0.25) is 4.79 Å². The molecule has 0 saturated carbocycles. The summed E-state index contributed by atoms with van der Waals surface area (Å²) in [7, 11) is -3.14. The largest absolute Gasteiger partial charge is 0.345 e. The quantitative estimate of drug-likeness (QED) is 0.898. The Hall–Kier alpha value is -1.85. The summed E-state index contributed by atoms with van der Waals surface area (Å²) in [4.78, 5) is 12.4. The van der Waals surface area contributed by atoms with Gasteiger partial charge >= 0.3 is 0 Å². The van der Waals surface area contributed by atoms with E-state index in [2.05, 4.69) is 5.32 Å². The van der Waals surface area contributed by atoms with Crippen LogP contribution in [0.2, 0.25) is 5.02 Å². The van der Waals surface area contributed by atoms with Crippen LogP contribution >= 0.6 is 11.6 Å². The van der Waals surface area contributed by atoms with E-state index in [1.54, 1.807) is 30.3 Å². The number of carbonyl (C=O) groups is 1. The monoisotopic (exact) mass is 351 g/mol. The molecule has 4 nitrogen and oxygen atoms in total. The molecule has 1 N–H and O–H groups in total. The van der Waals surface area contributed by atoms with Crippen molar-refractivity contribution in [2.45, 2.75) is 18.7 Å². The summed E-state index contributed by atoms with van der Waals surface area (Å²) >= 11 is 6.13. The highest BCUT2D eigenvalue weighted by atomic mass is 35.5. The molecule has 0 heterocycles. The molecule has 0 aliphatic carbocycles. The molecule has 0 aliphatic heterocycles. The van der Waals surface area contributed by atoms with Gasteiger partial charge in [0.2, 0.25) is 0 Å². The summed E-state index contributed by atoms with van der Waals surface area (Å²) in [6, 6.07) is 13.7. The number of nitrogens with one attached hydrogen (secondary N) is 1. The molecule has 23 heavy (non-hydrogen) atoms. The zero-order valence-electron chi connectivity index (χ0n) is 12.9. The number of amides is 1. The first-order valence-electron chi connectivity index (χ1n) is 7.08. The van der Waals surface area contributed by atoms with E-state index in [1.165, 1.54) is 6.26 Å². The highest BCUT2D eigenvalue weighted by Gasteiger charge is 2.14. The fourth-order valence-corrected chi connectivity index (χ4v) is 3.37. The molecule has 0 bridgehead atoms. The molecule has 2 aromatic rings. The molecule has 2 aromatic carbocycles. The van der Waals surface area contributed by atoms with E-state index in [4.69, 9.17) is 11.6 Å². The number of rotatable bonds is 5. The molecule has 0 aromatic heterocycles. The summed E-state index contributed by atoms with van der Waals surface area (Å²) in [6.07, 6.45) is 1.17. The molecule has 6 heteroatoms. The average molecular weight is 352 g/mol. The van der Waals surface area contributed by atoms with E-state index in [-0.39, 0.29) is 17.7 Å². The molecule has 1 atom stereocenters. The average Bonchev–Trinajstić information content (AvgIpc) is 2.46. The van der Waals surface area contributed by atoms with Crippen molar-refractivity contribution in [3.05, 3.63) is 70.2 Å². The maximum absolute atomic E-state index is 12.4. The van der Waals surface area contributed by atoms with Gasteiger partial charge in [0.25, 0.3) is 5.91 Å². The van der Waals surface area contributed by atoms with Crippen LogP contribution in [0.15, 0.2) is 48.5 Å². The zero-order chi connectivity index (χ0) is 17.0. The molecule has 0 spiro atoms. The summed E-state index contributed by atoms with van der Waals surface area (Å²) in [6.45, 7) is 1.85. The minimum Gasteiger partial charge on any atom is -0.345 e. The number of sulfone groups is 1. The molecule has 0 radical (unpaired) electrons. The Bertz CT molecular complexity index is 818. The highest BCUT2D eigenvalue weighted by molar-refractivity contribution is 7.89. The summed E-state index contributed by atoms with van der Waals surface area (Å²) < 4.78 is 22.7. The van der Waals surface area contributed by atoms with Crippen molar-refractivity contribution < 1.29 is 13.2 Å². The molecular formula is C17H18ClNO3S. The number of hydrogen-bond donors (Lipinski definition) is 1. The van der Waals surface area contributed by atoms with E-state index < -0.39 is 9.84 Å². The Kier molecular flexibility index (Phi) is 5.44. The van der Waals surface area contributed by atoms with E-state index in [9.17, 15) is 13.2 Å². The van der Waals surface area contributed by atoms with Crippen molar-refractivity contribution in [2.24, 2.45) is 0 Å². The SMILES string of the molecule is C[C@H](NC(=O)c1cccc(CS(C)(=O)=O)c1)c1ccccc1Cl. The fourth-order valence-electron chi connectivity index (χ4n) is 2.29. The van der Waals surface area contributed by atoms with Gasteiger partial charge in [0.1, 0.15) is 0 Å². The second-order valence-electron chi connectivity index (χ2n) is 5.49. The number of benzene rings is 2. The molecular weight excluding hydrogens is 334 g/mol. The Morgan fingerprint density at radius 1 is 1.17 bits per heavy atom. The first kappa shape index (κ1) is 17.5. The maximum Gasteiger partial charge on any atom is 0.251 e. The Balaban J connectivity index is 2.15. The van der Waals surface area contributed by atoms with Crippen molar-refractivity contribution in [2.75, 3.05) is 6.26 Å². The van der Waals surface area contributed by atoms with Crippen molar-refractivity contribution in [1.82, 2.24) is 5.32 Å². The van der Waals surface area contributed by atoms with Crippen LogP contribution in [-0.4, -0.2) is 20.6 Å². The fraction of sp³-hybridized carbons (Fsp3) is 0.235. The van der Waals surface area contributed by atoms with Crippen molar-refractivity contribution in [3.63, 3.8) is 0 Å². The normalized spacial score (nSPS) is 12.7. The first-order valence-corrected chi connectivity index (χ1v) is 9.52. The molecule has 0 fully saturated rings. The van der Waals surface area contributed by atoms with E-state index >= 15 is 0 Å². The molecule has 0 saturated heterocycles. The predicted molar refractivity (Wildman–Crippen MR) is 92.3 cm³/mol. The van der Waals surface area contributed by atoms with Crippen molar-refractivity contribution >= 4 is 27.3 Å². The van der Waals surface area contributed by atoms with Gasteiger partial charge in [0.05, 0.1) is 11.8 Å². The third-order valence-corrected chi connectivity index (χ3v) is 4.54. The summed E-state index contributed by atoms with van der Waals surface area (Å²) in [5, 5.41) is 3.46. The molecule has 122 valence electrons. The lowest BCUT2D eigenvalue weighted by Crippen LogP contribution is -2.26. The molecule has 0 unspecified atom stereocenters. The van der Waals surface area contributed by atoms with Crippen LogP contribution in [0.1, 0.15) is 34.5 Å². The summed E-state index contributed by atoms with van der Waals surface area (Å²) in [5.41, 5.74) is 1.84. The first-order chi connectivity index (χ1) is 10.8. The summed E-state index contributed by atoms with van der Waals surface area (Å²) in [5.74, 6) is -0.360. The lowest BCUT2D eigenvalue weighted by molar-refractivity contribution is 0.0940. The maximum atomic E-state index is 12.4. The van der Waals surface area contributed by atoms with Crippen molar-refractivity contribution in [1.29, 1.82) is 0 Å². The van der Waals surface area contributed by atoms with Gasteiger partial charge in [0.15, 0.2) is 9.84 Å². The van der Waals surface area contributed by atoms with Crippen LogP contribution in [-0.2, 0) is 15.6 Å². The lowest BCUT2D eigenvalue weighted by Gasteiger charge is -2.16. The Morgan fingerprint density at radius 3 is 2.52 bits per heavy atom. The van der Waals surface area contributed by atoms with Crippen LogP contribution in [0.5, 0.6) is 0 Å². The number of hydrogen-bond acceptors (Lipinski definition) is 3. The van der Waals surface area contributed by atoms with E-state index in [0.717, 1.165) is 5.56 Å². The Morgan fingerprint density at radius 2 is 1.87 bits per heavy atom. The van der Waals surface area contributed by atoms with Crippen LogP contribution in [0, 0.1) is 0 Å². The third-order valence-electron chi connectivity index (χ3n) is 3.34. The minimum absolute atomic E-state index is 0.0891. The van der Waals surface area contributed by atoms with Gasteiger partial charge in [-0.15, -0.1) is 0 Å². The zero-order valence-corrected chi connectivity index (χ0v) is 14.5. The van der Waals surface area contributed by atoms with Gasteiger partial charge in [-0.1, -0.05) is 41.9 Å². The Labute approximate surface area is 141 Å². The molecule has 2 rings (SSSR count). The number of carbonyl (C=O) groups excluding carboxylic acids is 1. The second-order valence-corrected chi connectivity index (χ2v) is 8.03. The smallest absolute Gasteiger partial charge is 0.251 e. The van der Waals surface area contributed by atoms with Crippen LogP contribution in [0.4, 0.5) is 0 Å². The van der Waals surface area contributed by atoms with Crippen LogP contribution in [0.25, 0.3) is 0 Å². The standard InChI is InChI=1S/C17H18ClNO3S/c1-12(15-8-3-4-9-16(15)18)19-17(20)14-7-5-6-13(10-14)11-23(2,21)22/h3-10,12H,11H2,1-2H3,(H,19,20)/t12-/m0/s1. The van der Waals surface area contributed by atoms with Crippen LogP contribution < -0.4 is 5.32 Å². The van der Waals surface area contributed by atoms with Crippen molar-refractivity contribution in [3.8, 4) is 0 Å². The van der Waals surface area contributed by atoms with Gasteiger partial charge in [-0.25, -0.2) is 8.42 Å². The van der Waals surface area contributed by atoms with Gasteiger partial charge in [0, 0.05) is 16.8 Å². The predicted octanol–water partition coefficient (Wildman–Crippen LogP) is 3.38. The third kappa shape index (κ3) is 5.08.